The predicted octanol–water partition coefficient (Wildman–Crippen LogP) is 8.74. The van der Waals surface area contributed by atoms with E-state index in [0.717, 1.165) is 35.4 Å². The summed E-state index contributed by atoms with van der Waals surface area (Å²) in [5, 5.41) is 3.20. The van der Waals surface area contributed by atoms with Crippen molar-refractivity contribution in [3.63, 3.8) is 0 Å². The number of hydrogen-bond donors (Lipinski definition) is 0. The number of nitrogens with zero attached hydrogens (tertiary/aromatic N) is 1. The molecule has 4 aliphatic carbocycles. The first-order chi connectivity index (χ1) is 17.5. The number of hydrogen-bond acceptors (Lipinski definition) is 1. The van der Waals surface area contributed by atoms with Crippen molar-refractivity contribution < 1.29 is 4.79 Å². The van der Waals surface area contributed by atoms with Gasteiger partial charge in [0.25, 0.3) is 0 Å². The number of aryl methyl sites for hydroxylation is 1. The van der Waals surface area contributed by atoms with Crippen LogP contribution in [0.15, 0.2) is 78.9 Å². The molecular weight excluding hydrogens is 462 g/mol. The molecular formula is C33H32ClNO. The summed E-state index contributed by atoms with van der Waals surface area (Å²) in [4.78, 5) is 13.5. The SMILES string of the molecule is CCn1c2ccccc2c2cc(C(=O)C=CC34CC5CC(C3)CC(c3ccc(Cl)cc3)(C5)C4)ccc21. The van der Waals surface area contributed by atoms with E-state index in [1.54, 1.807) is 0 Å². The lowest BCUT2D eigenvalue weighted by Gasteiger charge is -2.62. The Morgan fingerprint density at radius 1 is 0.944 bits per heavy atom. The molecule has 4 fully saturated rings. The first-order valence-electron chi connectivity index (χ1n) is 13.5. The van der Waals surface area contributed by atoms with Gasteiger partial charge in [0.15, 0.2) is 5.78 Å². The maximum atomic E-state index is 13.5. The first kappa shape index (κ1) is 22.4. The van der Waals surface area contributed by atoms with Gasteiger partial charge in [-0.1, -0.05) is 48.0 Å². The minimum absolute atomic E-state index is 0.126. The van der Waals surface area contributed by atoms with Gasteiger partial charge in [0, 0.05) is 38.9 Å². The van der Waals surface area contributed by atoms with Gasteiger partial charge in [-0.15, -0.1) is 0 Å². The number of carbonyl (C=O) groups is 1. The number of halogens is 1. The molecule has 4 aromatic rings. The van der Waals surface area contributed by atoms with E-state index in [1.807, 2.05) is 24.3 Å². The average Bonchev–Trinajstić information content (AvgIpc) is 3.20. The fraction of sp³-hybridized carbons (Fsp3) is 0.364. The van der Waals surface area contributed by atoms with Gasteiger partial charge in [-0.2, -0.15) is 0 Å². The summed E-state index contributed by atoms with van der Waals surface area (Å²) < 4.78 is 2.33. The maximum absolute atomic E-state index is 13.5. The molecule has 2 nitrogen and oxygen atoms in total. The van der Waals surface area contributed by atoms with Crippen LogP contribution < -0.4 is 0 Å². The fourth-order valence-corrected chi connectivity index (χ4v) is 8.69. The fourth-order valence-electron chi connectivity index (χ4n) is 8.57. The van der Waals surface area contributed by atoms with Gasteiger partial charge in [0.05, 0.1) is 0 Å². The van der Waals surface area contributed by atoms with Gasteiger partial charge in [-0.25, -0.2) is 0 Å². The summed E-state index contributed by atoms with van der Waals surface area (Å²) in [6, 6.07) is 23.3. The van der Waals surface area contributed by atoms with Gasteiger partial charge in [-0.05, 0) is 116 Å². The lowest BCUT2D eigenvalue weighted by atomic mass is 9.43. The van der Waals surface area contributed by atoms with Crippen LogP contribution in [-0.2, 0) is 12.0 Å². The van der Waals surface area contributed by atoms with E-state index in [0.29, 0.717) is 0 Å². The predicted molar refractivity (Wildman–Crippen MR) is 149 cm³/mol. The number of aromatic nitrogens is 1. The molecule has 1 heterocycles. The number of ketones is 1. The molecule has 182 valence electrons. The van der Waals surface area contributed by atoms with Crippen LogP contribution >= 0.6 is 11.6 Å². The van der Waals surface area contributed by atoms with E-state index in [4.69, 9.17) is 11.6 Å². The van der Waals surface area contributed by atoms with E-state index in [9.17, 15) is 4.79 Å². The first-order valence-corrected chi connectivity index (χ1v) is 13.9. The van der Waals surface area contributed by atoms with Crippen molar-refractivity contribution in [3.8, 4) is 0 Å². The van der Waals surface area contributed by atoms with Gasteiger partial charge in [0.2, 0.25) is 0 Å². The molecule has 8 rings (SSSR count). The smallest absolute Gasteiger partial charge is 0.185 e. The molecule has 0 radical (unpaired) electrons. The third-order valence-corrected chi connectivity index (χ3v) is 9.78. The van der Waals surface area contributed by atoms with Crippen molar-refractivity contribution >= 4 is 39.2 Å². The Bertz CT molecular complexity index is 1510. The van der Waals surface area contributed by atoms with Crippen molar-refractivity contribution in [1.29, 1.82) is 0 Å². The molecule has 3 heteroatoms. The summed E-state index contributed by atoms with van der Waals surface area (Å²) in [6.07, 6.45) is 11.8. The highest BCUT2D eigenvalue weighted by Crippen LogP contribution is 2.66. The second kappa shape index (κ2) is 8.08. The van der Waals surface area contributed by atoms with Crippen molar-refractivity contribution in [3.05, 3.63) is 95.0 Å². The summed E-state index contributed by atoms with van der Waals surface area (Å²) >= 11 is 6.22. The standard InChI is InChI=1S/C33H32ClNO/c1-2-35-29-6-4-3-5-27(29)28-16-24(7-12-30(28)35)31(36)13-14-32-17-22-15-23(18-32)20-33(19-22,21-32)25-8-10-26(34)11-9-25/h3-14,16,22-23H,2,15,17-21H2,1H3. The van der Waals surface area contributed by atoms with Crippen LogP contribution in [0, 0.1) is 17.3 Å². The minimum atomic E-state index is 0.126. The van der Waals surface area contributed by atoms with Crippen molar-refractivity contribution in [2.45, 2.75) is 57.4 Å². The number of rotatable bonds is 5. The zero-order valence-electron chi connectivity index (χ0n) is 20.8. The minimum Gasteiger partial charge on any atom is -0.341 e. The van der Waals surface area contributed by atoms with E-state index < -0.39 is 0 Å². The number of carbonyl (C=O) groups excluding carboxylic acids is 1. The number of fused-ring (bicyclic) bond motifs is 3. The topological polar surface area (TPSA) is 22.0 Å². The summed E-state index contributed by atoms with van der Waals surface area (Å²) in [6.45, 7) is 3.09. The zero-order valence-corrected chi connectivity index (χ0v) is 21.6. The average molecular weight is 494 g/mol. The molecule has 3 aromatic carbocycles. The van der Waals surface area contributed by atoms with E-state index in [2.05, 4.69) is 66.1 Å². The third-order valence-electron chi connectivity index (χ3n) is 9.52. The lowest BCUT2D eigenvalue weighted by molar-refractivity contribution is -0.0455. The second-order valence-corrected chi connectivity index (χ2v) is 12.2. The summed E-state index contributed by atoms with van der Waals surface area (Å²) in [5.41, 5.74) is 5.05. The Labute approximate surface area is 218 Å². The molecule has 2 atom stereocenters. The second-order valence-electron chi connectivity index (χ2n) is 11.8. The quantitative estimate of drug-likeness (QED) is 0.201. The van der Waals surface area contributed by atoms with Crippen molar-refractivity contribution in [2.24, 2.45) is 17.3 Å². The molecule has 0 saturated heterocycles. The van der Waals surface area contributed by atoms with Gasteiger partial charge < -0.3 is 4.57 Å². The molecule has 4 aliphatic rings. The lowest BCUT2D eigenvalue weighted by Crippen LogP contribution is -2.53. The molecule has 0 aliphatic heterocycles. The van der Waals surface area contributed by atoms with Crippen LogP contribution in [-0.4, -0.2) is 10.4 Å². The molecule has 0 spiro atoms. The Hall–Kier alpha value is -2.84. The molecule has 0 N–H and O–H groups in total. The molecule has 0 amide bonds. The highest BCUT2D eigenvalue weighted by Gasteiger charge is 2.57. The molecule has 2 unspecified atom stereocenters. The third kappa shape index (κ3) is 3.41. The number of para-hydroxylation sites is 1. The van der Waals surface area contributed by atoms with E-state index >= 15 is 0 Å². The van der Waals surface area contributed by atoms with Crippen molar-refractivity contribution in [2.75, 3.05) is 0 Å². The monoisotopic (exact) mass is 493 g/mol. The Morgan fingerprint density at radius 2 is 1.67 bits per heavy atom. The molecule has 4 saturated carbocycles. The number of allylic oxidation sites excluding steroid dienone is 2. The Balaban J connectivity index is 1.22. The largest absolute Gasteiger partial charge is 0.341 e. The summed E-state index contributed by atoms with van der Waals surface area (Å²) in [5.74, 6) is 1.65. The van der Waals surface area contributed by atoms with Crippen LogP contribution in [0.3, 0.4) is 0 Å². The maximum Gasteiger partial charge on any atom is 0.185 e. The molecule has 4 bridgehead atoms. The normalized spacial score (nSPS) is 29.1. The van der Waals surface area contributed by atoms with Gasteiger partial charge in [-0.3, -0.25) is 4.79 Å². The number of benzene rings is 3. The van der Waals surface area contributed by atoms with Crippen LogP contribution in [0.5, 0.6) is 0 Å². The van der Waals surface area contributed by atoms with Crippen LogP contribution in [0.2, 0.25) is 5.02 Å². The molecule has 1 aromatic heterocycles. The van der Waals surface area contributed by atoms with Crippen LogP contribution in [0.1, 0.15) is 61.4 Å². The van der Waals surface area contributed by atoms with Crippen LogP contribution in [0.4, 0.5) is 0 Å². The molecule has 36 heavy (non-hydrogen) atoms. The zero-order chi connectivity index (χ0) is 24.5. The highest BCUT2D eigenvalue weighted by atomic mass is 35.5. The van der Waals surface area contributed by atoms with Gasteiger partial charge >= 0.3 is 0 Å². The Kier molecular flexibility index (Phi) is 5.02. The summed E-state index contributed by atoms with van der Waals surface area (Å²) in [7, 11) is 0. The van der Waals surface area contributed by atoms with E-state index in [1.165, 1.54) is 59.5 Å². The highest BCUT2D eigenvalue weighted by molar-refractivity contribution is 6.30. The van der Waals surface area contributed by atoms with Crippen LogP contribution in [0.25, 0.3) is 21.8 Å². The Morgan fingerprint density at radius 3 is 2.42 bits per heavy atom. The van der Waals surface area contributed by atoms with Crippen molar-refractivity contribution in [1.82, 2.24) is 4.57 Å². The van der Waals surface area contributed by atoms with Gasteiger partial charge in [0.1, 0.15) is 0 Å². The van der Waals surface area contributed by atoms with E-state index in [-0.39, 0.29) is 16.6 Å².